The fraction of sp³-hybridized carbons (Fsp3) is 0.280. The zero-order valence-electron chi connectivity index (χ0n) is 16.9. The zero-order valence-corrected chi connectivity index (χ0v) is 18.4. The Balaban J connectivity index is 1.72. The summed E-state index contributed by atoms with van der Waals surface area (Å²) in [6.45, 7) is 8.48. The molecule has 0 aliphatic carbocycles. The summed E-state index contributed by atoms with van der Waals surface area (Å²) in [7, 11) is 0. The largest absolute Gasteiger partial charge is 0.489 e. The van der Waals surface area contributed by atoms with Gasteiger partial charge in [-0.25, -0.2) is 0 Å². The quantitative estimate of drug-likeness (QED) is 0.431. The first kappa shape index (κ1) is 21.5. The third-order valence-corrected chi connectivity index (χ3v) is 5.59. The lowest BCUT2D eigenvalue weighted by molar-refractivity contribution is 0.121. The van der Waals surface area contributed by atoms with Gasteiger partial charge in [0, 0.05) is 0 Å². The summed E-state index contributed by atoms with van der Waals surface area (Å²) in [6.07, 6.45) is 7.14. The minimum absolute atomic E-state index is 0.00532. The third kappa shape index (κ3) is 6.16. The molecule has 0 bridgehead atoms. The summed E-state index contributed by atoms with van der Waals surface area (Å²) in [4.78, 5) is 0. The molecule has 2 nitrogen and oxygen atoms in total. The highest BCUT2D eigenvalue weighted by Crippen LogP contribution is 2.34. The highest BCUT2D eigenvalue weighted by molar-refractivity contribution is 6.42. The molecule has 2 aromatic rings. The van der Waals surface area contributed by atoms with E-state index in [4.69, 9.17) is 32.7 Å². The van der Waals surface area contributed by atoms with E-state index in [1.807, 2.05) is 43.3 Å². The molecule has 29 heavy (non-hydrogen) atoms. The average Bonchev–Trinajstić information content (AvgIpc) is 2.89. The first-order chi connectivity index (χ1) is 13.9. The summed E-state index contributed by atoms with van der Waals surface area (Å²) in [5.74, 6) is 1.75. The van der Waals surface area contributed by atoms with Crippen molar-refractivity contribution in [2.45, 2.75) is 45.8 Å². The Bertz CT molecular complexity index is 944. The molecule has 152 valence electrons. The van der Waals surface area contributed by atoms with Crippen LogP contribution in [0.1, 0.15) is 50.3 Å². The van der Waals surface area contributed by atoms with Crippen molar-refractivity contribution in [3.8, 4) is 5.75 Å². The molecule has 1 unspecified atom stereocenters. The molecule has 0 saturated carbocycles. The van der Waals surface area contributed by atoms with E-state index in [0.717, 1.165) is 47.5 Å². The second-order valence-electron chi connectivity index (χ2n) is 7.43. The van der Waals surface area contributed by atoms with E-state index in [9.17, 15) is 0 Å². The van der Waals surface area contributed by atoms with Crippen molar-refractivity contribution in [1.29, 1.82) is 0 Å². The highest BCUT2D eigenvalue weighted by atomic mass is 35.5. The molecular formula is C25H26Cl2O2. The SMILES string of the molecule is C=C(C)C=CC1=C(C)CCCC(c2cccc(OCc3ccc(Cl)c(Cl)c3)c2)O1. The number of benzene rings is 2. The molecule has 1 aliphatic heterocycles. The fourth-order valence-corrected chi connectivity index (χ4v) is 3.54. The summed E-state index contributed by atoms with van der Waals surface area (Å²) in [6, 6.07) is 13.7. The van der Waals surface area contributed by atoms with Crippen molar-refractivity contribution in [2.24, 2.45) is 0 Å². The lowest BCUT2D eigenvalue weighted by atomic mass is 10.0. The van der Waals surface area contributed by atoms with E-state index in [1.54, 1.807) is 6.07 Å². The minimum Gasteiger partial charge on any atom is -0.489 e. The Morgan fingerprint density at radius 2 is 2.03 bits per heavy atom. The average molecular weight is 429 g/mol. The van der Waals surface area contributed by atoms with Gasteiger partial charge in [-0.3, -0.25) is 0 Å². The first-order valence-corrected chi connectivity index (χ1v) is 10.5. The standard InChI is InChI=1S/C25H26Cl2O2/c1-17(2)10-13-24-18(3)6-4-9-25(29-24)20-7-5-8-21(15-20)28-16-19-11-12-22(26)23(27)14-19/h5,7-8,10-15,25H,1,4,6,9,16H2,2-3H3. The molecule has 0 amide bonds. The Hall–Kier alpha value is -2.16. The van der Waals surface area contributed by atoms with Crippen LogP contribution in [0.3, 0.4) is 0 Å². The molecule has 0 spiro atoms. The monoisotopic (exact) mass is 428 g/mol. The van der Waals surface area contributed by atoms with Crippen LogP contribution < -0.4 is 4.74 Å². The van der Waals surface area contributed by atoms with Gasteiger partial charge < -0.3 is 9.47 Å². The van der Waals surface area contributed by atoms with Crippen LogP contribution in [0.4, 0.5) is 0 Å². The zero-order chi connectivity index (χ0) is 20.8. The van der Waals surface area contributed by atoms with E-state index in [1.165, 1.54) is 5.57 Å². The summed E-state index contributed by atoms with van der Waals surface area (Å²) in [5, 5.41) is 1.08. The van der Waals surface area contributed by atoms with Crippen molar-refractivity contribution >= 4 is 23.2 Å². The number of hydrogen-bond donors (Lipinski definition) is 0. The van der Waals surface area contributed by atoms with Gasteiger partial charge in [0.2, 0.25) is 0 Å². The normalized spacial score (nSPS) is 17.2. The summed E-state index contributed by atoms with van der Waals surface area (Å²) in [5.41, 5.74) is 4.37. The number of halogens is 2. The van der Waals surface area contributed by atoms with E-state index in [-0.39, 0.29) is 6.10 Å². The van der Waals surface area contributed by atoms with E-state index < -0.39 is 0 Å². The van der Waals surface area contributed by atoms with E-state index in [2.05, 4.69) is 25.6 Å². The first-order valence-electron chi connectivity index (χ1n) is 9.79. The van der Waals surface area contributed by atoms with Gasteiger partial charge in [0.15, 0.2) is 0 Å². The molecule has 3 rings (SSSR count). The van der Waals surface area contributed by atoms with E-state index >= 15 is 0 Å². The van der Waals surface area contributed by atoms with Crippen LogP contribution in [0.15, 0.2) is 78.1 Å². The molecule has 4 heteroatoms. The van der Waals surface area contributed by atoms with Gasteiger partial charge in [0.05, 0.1) is 10.0 Å². The number of hydrogen-bond acceptors (Lipinski definition) is 2. The van der Waals surface area contributed by atoms with Gasteiger partial charge in [0.1, 0.15) is 24.2 Å². The van der Waals surface area contributed by atoms with Crippen molar-refractivity contribution in [1.82, 2.24) is 0 Å². The lowest BCUT2D eigenvalue weighted by Crippen LogP contribution is -2.03. The maximum Gasteiger partial charge on any atom is 0.124 e. The molecule has 1 aliphatic rings. The van der Waals surface area contributed by atoms with Gasteiger partial charge in [-0.05, 0) is 80.2 Å². The maximum absolute atomic E-state index is 6.37. The van der Waals surface area contributed by atoms with Crippen LogP contribution in [-0.4, -0.2) is 0 Å². The number of ether oxygens (including phenoxy) is 2. The smallest absolute Gasteiger partial charge is 0.124 e. The third-order valence-electron chi connectivity index (χ3n) is 4.85. The molecule has 1 atom stereocenters. The number of allylic oxidation sites excluding steroid dienone is 4. The highest BCUT2D eigenvalue weighted by Gasteiger charge is 2.19. The Kier molecular flexibility index (Phi) is 7.46. The van der Waals surface area contributed by atoms with Crippen LogP contribution in [-0.2, 0) is 11.3 Å². The van der Waals surface area contributed by atoms with Crippen LogP contribution >= 0.6 is 23.2 Å². The molecule has 0 fully saturated rings. The Morgan fingerprint density at radius 1 is 1.21 bits per heavy atom. The molecule has 0 N–H and O–H groups in total. The van der Waals surface area contributed by atoms with Crippen molar-refractivity contribution in [3.05, 3.63) is 99.3 Å². The fourth-order valence-electron chi connectivity index (χ4n) is 3.22. The van der Waals surface area contributed by atoms with Crippen LogP contribution in [0.2, 0.25) is 10.0 Å². The molecule has 0 saturated heterocycles. The topological polar surface area (TPSA) is 18.5 Å². The van der Waals surface area contributed by atoms with Gasteiger partial charge in [-0.15, -0.1) is 0 Å². The minimum atomic E-state index is 0.00532. The predicted octanol–water partition coefficient (Wildman–Crippen LogP) is 8.22. The van der Waals surface area contributed by atoms with Crippen LogP contribution in [0.25, 0.3) is 0 Å². The Labute approximate surface area is 183 Å². The second kappa shape index (κ2) is 10.0. The van der Waals surface area contributed by atoms with E-state index in [0.29, 0.717) is 16.7 Å². The van der Waals surface area contributed by atoms with Gasteiger partial charge in [-0.2, -0.15) is 0 Å². The molecule has 0 aromatic heterocycles. The lowest BCUT2D eigenvalue weighted by Gasteiger charge is -2.19. The number of rotatable bonds is 6. The van der Waals surface area contributed by atoms with Crippen LogP contribution in [0.5, 0.6) is 5.75 Å². The molecule has 2 aromatic carbocycles. The van der Waals surface area contributed by atoms with Gasteiger partial charge >= 0.3 is 0 Å². The van der Waals surface area contributed by atoms with Gasteiger partial charge in [0.25, 0.3) is 0 Å². The molecular weight excluding hydrogens is 403 g/mol. The molecule has 1 heterocycles. The van der Waals surface area contributed by atoms with Crippen molar-refractivity contribution in [3.63, 3.8) is 0 Å². The van der Waals surface area contributed by atoms with Crippen LogP contribution in [0, 0.1) is 0 Å². The Morgan fingerprint density at radius 3 is 2.79 bits per heavy atom. The summed E-state index contributed by atoms with van der Waals surface area (Å²) < 4.78 is 12.4. The second-order valence-corrected chi connectivity index (χ2v) is 8.25. The predicted molar refractivity (Wildman–Crippen MR) is 122 cm³/mol. The van der Waals surface area contributed by atoms with Crippen molar-refractivity contribution < 1.29 is 9.47 Å². The van der Waals surface area contributed by atoms with Gasteiger partial charge in [-0.1, -0.05) is 59.6 Å². The summed E-state index contributed by atoms with van der Waals surface area (Å²) >= 11 is 12.1. The molecule has 0 radical (unpaired) electrons. The van der Waals surface area contributed by atoms with Crippen molar-refractivity contribution in [2.75, 3.05) is 0 Å². The maximum atomic E-state index is 6.37.